The number of rotatable bonds is 5. The third kappa shape index (κ3) is 3.86. The Morgan fingerprint density at radius 3 is 2.72 bits per heavy atom. The van der Waals surface area contributed by atoms with Crippen LogP contribution in [0.3, 0.4) is 0 Å². The molecule has 128 valence electrons. The van der Waals surface area contributed by atoms with Gasteiger partial charge in [0.15, 0.2) is 5.82 Å². The maximum atomic E-state index is 13.6. The van der Waals surface area contributed by atoms with Gasteiger partial charge in [-0.2, -0.15) is 5.10 Å². The van der Waals surface area contributed by atoms with Crippen molar-refractivity contribution in [3.8, 4) is 17.1 Å². The molecule has 0 fully saturated rings. The Morgan fingerprint density at radius 1 is 1.28 bits per heavy atom. The minimum Gasteiger partial charge on any atom is -0.479 e. The number of hydrogen-bond donors (Lipinski definition) is 3. The maximum absolute atomic E-state index is 13.6. The number of halogens is 2. The van der Waals surface area contributed by atoms with E-state index in [4.69, 9.17) is 16.3 Å². The molecule has 1 amide bonds. The second-order valence-electron chi connectivity index (χ2n) is 4.97. The summed E-state index contributed by atoms with van der Waals surface area (Å²) in [6, 6.07) is 9.80. The molecular weight excluding hydrogens is 349 g/mol. The summed E-state index contributed by atoms with van der Waals surface area (Å²) in [5.41, 5.74) is 6.91. The third-order valence-corrected chi connectivity index (χ3v) is 3.54. The number of H-pyrrole nitrogens is 1. The van der Waals surface area contributed by atoms with E-state index < -0.39 is 11.7 Å². The number of carbonyl (C=O) groups is 1. The van der Waals surface area contributed by atoms with E-state index in [1.165, 1.54) is 13.3 Å². The van der Waals surface area contributed by atoms with E-state index >= 15 is 0 Å². The fraction of sp³-hybridized carbons (Fsp3) is 0.0625. The van der Waals surface area contributed by atoms with Crippen LogP contribution < -0.4 is 15.6 Å². The molecule has 3 N–H and O–H groups in total. The van der Waals surface area contributed by atoms with Gasteiger partial charge in [0.05, 0.1) is 24.7 Å². The number of hydrazine groups is 1. The molecule has 2 aromatic heterocycles. The van der Waals surface area contributed by atoms with Crippen molar-refractivity contribution in [2.24, 2.45) is 0 Å². The summed E-state index contributed by atoms with van der Waals surface area (Å²) >= 11 is 5.84. The normalized spacial score (nSPS) is 10.4. The highest BCUT2D eigenvalue weighted by Crippen LogP contribution is 2.20. The fourth-order valence-corrected chi connectivity index (χ4v) is 2.17. The van der Waals surface area contributed by atoms with Crippen LogP contribution in [-0.4, -0.2) is 28.2 Å². The van der Waals surface area contributed by atoms with Gasteiger partial charge in [-0.15, -0.1) is 0 Å². The Bertz CT molecular complexity index is 898. The molecule has 0 spiro atoms. The monoisotopic (exact) mass is 361 g/mol. The summed E-state index contributed by atoms with van der Waals surface area (Å²) in [7, 11) is 1.32. The van der Waals surface area contributed by atoms with E-state index in [1.807, 2.05) is 0 Å². The smallest absolute Gasteiger partial charge is 0.287 e. The predicted molar refractivity (Wildman–Crippen MR) is 90.9 cm³/mol. The third-order valence-electron chi connectivity index (χ3n) is 3.28. The number of carbonyl (C=O) groups excluding carboxylic acids is 1. The molecule has 2 heterocycles. The number of aromatic nitrogens is 3. The van der Waals surface area contributed by atoms with Gasteiger partial charge in [0.1, 0.15) is 5.69 Å². The van der Waals surface area contributed by atoms with Gasteiger partial charge in [-0.05, 0) is 18.2 Å². The Morgan fingerprint density at radius 2 is 2.04 bits per heavy atom. The van der Waals surface area contributed by atoms with Gasteiger partial charge in [0, 0.05) is 16.7 Å². The van der Waals surface area contributed by atoms with E-state index in [2.05, 4.69) is 26.0 Å². The van der Waals surface area contributed by atoms with Crippen LogP contribution in [0.25, 0.3) is 11.3 Å². The Balaban J connectivity index is 1.66. The molecule has 0 aliphatic rings. The molecule has 0 bridgehead atoms. The molecule has 1 aromatic carbocycles. The first-order chi connectivity index (χ1) is 12.1. The molecule has 0 aliphatic carbocycles. The summed E-state index contributed by atoms with van der Waals surface area (Å²) in [6.45, 7) is 0. The molecule has 0 unspecified atom stereocenters. The highest BCUT2D eigenvalue weighted by Gasteiger charge is 2.11. The number of benzene rings is 1. The van der Waals surface area contributed by atoms with Crippen LogP contribution in [0.5, 0.6) is 5.88 Å². The van der Waals surface area contributed by atoms with Crippen LogP contribution in [0.2, 0.25) is 5.02 Å². The quantitative estimate of drug-likeness (QED) is 0.607. The van der Waals surface area contributed by atoms with E-state index in [0.29, 0.717) is 10.7 Å². The molecule has 0 atom stereocenters. The van der Waals surface area contributed by atoms with Crippen molar-refractivity contribution in [2.75, 3.05) is 12.5 Å². The van der Waals surface area contributed by atoms with Crippen molar-refractivity contribution in [3.05, 3.63) is 59.1 Å². The van der Waals surface area contributed by atoms with Crippen molar-refractivity contribution in [2.45, 2.75) is 0 Å². The molecule has 7 nitrogen and oxygen atoms in total. The van der Waals surface area contributed by atoms with Gasteiger partial charge in [-0.1, -0.05) is 23.7 Å². The predicted octanol–water partition coefficient (Wildman–Crippen LogP) is 3.03. The maximum Gasteiger partial charge on any atom is 0.287 e. The number of nitrogens with one attached hydrogen (secondary N) is 3. The summed E-state index contributed by atoms with van der Waals surface area (Å²) in [6.07, 6.45) is 1.33. The first-order valence-corrected chi connectivity index (χ1v) is 7.52. The molecule has 0 saturated carbocycles. The number of aromatic amines is 1. The number of anilines is 1. The van der Waals surface area contributed by atoms with Crippen LogP contribution >= 0.6 is 11.6 Å². The minimum absolute atomic E-state index is 0.127. The summed E-state index contributed by atoms with van der Waals surface area (Å²) in [5.74, 6) is -1.24. The number of amides is 1. The number of pyridine rings is 1. The van der Waals surface area contributed by atoms with Crippen LogP contribution in [0.15, 0.2) is 42.6 Å². The zero-order valence-corrected chi connectivity index (χ0v) is 13.8. The molecule has 3 aromatic rings. The van der Waals surface area contributed by atoms with Crippen LogP contribution in [-0.2, 0) is 0 Å². The van der Waals surface area contributed by atoms with Crippen LogP contribution in [0, 0.1) is 5.82 Å². The lowest BCUT2D eigenvalue weighted by atomic mass is 10.1. The van der Waals surface area contributed by atoms with Crippen LogP contribution in [0.1, 0.15) is 10.5 Å². The second-order valence-corrected chi connectivity index (χ2v) is 5.40. The first-order valence-electron chi connectivity index (χ1n) is 7.14. The highest BCUT2D eigenvalue weighted by atomic mass is 35.5. The van der Waals surface area contributed by atoms with Gasteiger partial charge >= 0.3 is 0 Å². The number of methoxy groups -OCH3 is 1. The van der Waals surface area contributed by atoms with Crippen molar-refractivity contribution in [3.63, 3.8) is 0 Å². The van der Waals surface area contributed by atoms with Crippen molar-refractivity contribution >= 4 is 23.2 Å². The number of nitrogens with zero attached hydrogens (tertiary/aromatic N) is 2. The van der Waals surface area contributed by atoms with Gasteiger partial charge in [0.25, 0.3) is 5.91 Å². The Labute approximate surface area is 147 Å². The average molecular weight is 362 g/mol. The molecule has 25 heavy (non-hydrogen) atoms. The van der Waals surface area contributed by atoms with E-state index in [1.54, 1.807) is 30.3 Å². The van der Waals surface area contributed by atoms with Gasteiger partial charge < -0.3 is 4.74 Å². The Kier molecular flexibility index (Phi) is 4.80. The molecule has 0 aliphatic heterocycles. The molecular formula is C16H13ClFN5O2. The van der Waals surface area contributed by atoms with Gasteiger partial charge in [0.2, 0.25) is 5.88 Å². The van der Waals surface area contributed by atoms with E-state index in [-0.39, 0.29) is 17.3 Å². The van der Waals surface area contributed by atoms with Crippen molar-refractivity contribution in [1.82, 2.24) is 20.6 Å². The average Bonchev–Trinajstić information content (AvgIpc) is 3.10. The molecule has 9 heteroatoms. The summed E-state index contributed by atoms with van der Waals surface area (Å²) in [5, 5.41) is 7.34. The lowest BCUT2D eigenvalue weighted by molar-refractivity contribution is 0.0957. The zero-order chi connectivity index (χ0) is 17.8. The minimum atomic E-state index is -0.645. The largest absolute Gasteiger partial charge is 0.479 e. The standard InChI is InChI=1S/C16H13ClFN5O2/c1-25-16-12(18)6-11(8-19-16)20-23-15(24)14-7-13(21-22-14)9-2-4-10(17)5-3-9/h2-8,20H,1H3,(H,21,22)(H,23,24). The summed E-state index contributed by atoms with van der Waals surface area (Å²) < 4.78 is 18.3. The van der Waals surface area contributed by atoms with E-state index in [9.17, 15) is 9.18 Å². The Hall–Kier alpha value is -3.13. The lowest BCUT2D eigenvalue weighted by Crippen LogP contribution is -2.29. The zero-order valence-electron chi connectivity index (χ0n) is 13.0. The SMILES string of the molecule is COc1ncc(NNC(=O)c2cc(-c3ccc(Cl)cc3)n[nH]2)cc1F. The second kappa shape index (κ2) is 7.18. The lowest BCUT2D eigenvalue weighted by Gasteiger charge is -2.08. The molecule has 0 radical (unpaired) electrons. The van der Waals surface area contributed by atoms with Crippen molar-refractivity contribution < 1.29 is 13.9 Å². The highest BCUT2D eigenvalue weighted by molar-refractivity contribution is 6.30. The first kappa shape index (κ1) is 16.7. The summed E-state index contributed by atoms with van der Waals surface area (Å²) in [4.78, 5) is 15.9. The van der Waals surface area contributed by atoms with Gasteiger partial charge in [-0.3, -0.25) is 20.7 Å². The fourth-order valence-electron chi connectivity index (χ4n) is 2.05. The number of ether oxygens (including phenoxy) is 1. The van der Waals surface area contributed by atoms with Crippen molar-refractivity contribution in [1.29, 1.82) is 0 Å². The molecule has 3 rings (SSSR count). The van der Waals surface area contributed by atoms with Gasteiger partial charge in [-0.25, -0.2) is 9.37 Å². The van der Waals surface area contributed by atoms with Crippen LogP contribution in [0.4, 0.5) is 10.1 Å². The number of hydrogen-bond acceptors (Lipinski definition) is 5. The topological polar surface area (TPSA) is 91.9 Å². The van der Waals surface area contributed by atoms with E-state index in [0.717, 1.165) is 11.6 Å². The molecule has 0 saturated heterocycles.